The molecule has 1 amide bonds. The summed E-state index contributed by atoms with van der Waals surface area (Å²) in [4.78, 5) is 50.4. The van der Waals surface area contributed by atoms with Gasteiger partial charge < -0.3 is 24.8 Å². The number of hydrogen-bond donors (Lipinski definition) is 2. The lowest BCUT2D eigenvalue weighted by Crippen LogP contribution is -2.39. The number of halogens is 1. The van der Waals surface area contributed by atoms with Gasteiger partial charge in [-0.2, -0.15) is 0 Å². The summed E-state index contributed by atoms with van der Waals surface area (Å²) >= 11 is 5.89. The highest BCUT2D eigenvalue weighted by atomic mass is 35.5. The van der Waals surface area contributed by atoms with E-state index in [1.54, 1.807) is 45.9 Å². The molecule has 1 aliphatic heterocycles. The molecule has 0 atom stereocenters. The van der Waals surface area contributed by atoms with Crippen LogP contribution in [-0.4, -0.2) is 43.6 Å². The van der Waals surface area contributed by atoms with Crippen molar-refractivity contribution in [2.75, 3.05) is 25.1 Å². The van der Waals surface area contributed by atoms with Gasteiger partial charge in [0.05, 0.1) is 24.4 Å². The van der Waals surface area contributed by atoms with Crippen LogP contribution in [0, 0.1) is 5.92 Å². The first kappa shape index (κ1) is 24.9. The number of rotatable bonds is 8. The molecule has 9 nitrogen and oxygen atoms in total. The molecule has 10 heteroatoms. The average molecular weight is 465 g/mol. The van der Waals surface area contributed by atoms with E-state index >= 15 is 0 Å². The Bertz CT molecular complexity index is 944. The predicted octanol–water partition coefficient (Wildman–Crippen LogP) is 2.72. The minimum Gasteiger partial charge on any atom is -0.463 e. The Morgan fingerprint density at radius 3 is 2.03 bits per heavy atom. The summed E-state index contributed by atoms with van der Waals surface area (Å²) in [6.45, 7) is 5.87. The number of dihydropyridines is 1. The molecule has 2 N–H and O–H groups in total. The maximum atomic E-state index is 13.0. The summed E-state index contributed by atoms with van der Waals surface area (Å²) in [7, 11) is 0. The number of allylic oxidation sites excluding steroid dienone is 2. The maximum Gasteiger partial charge on any atom is 0.337 e. The topological polar surface area (TPSA) is 120 Å². The smallest absolute Gasteiger partial charge is 0.337 e. The molecule has 172 valence electrons. The molecule has 0 saturated carbocycles. The van der Waals surface area contributed by atoms with Gasteiger partial charge in [-0.3, -0.25) is 9.59 Å². The predicted molar refractivity (Wildman–Crippen MR) is 116 cm³/mol. The summed E-state index contributed by atoms with van der Waals surface area (Å²) in [6, 6.07) is 6.45. The van der Waals surface area contributed by atoms with Gasteiger partial charge in [0.1, 0.15) is 5.92 Å². The molecule has 0 bridgehead atoms. The number of hydrogen-bond acceptors (Lipinski definition) is 8. The molecule has 0 radical (unpaired) electrons. The normalized spacial score (nSPS) is 13.9. The van der Waals surface area contributed by atoms with E-state index in [1.165, 1.54) is 6.07 Å². The number of esters is 3. The zero-order valence-corrected chi connectivity index (χ0v) is 19.0. The van der Waals surface area contributed by atoms with Crippen LogP contribution in [0.4, 0.5) is 5.69 Å². The monoisotopic (exact) mass is 464 g/mol. The van der Waals surface area contributed by atoms with E-state index < -0.39 is 36.3 Å². The van der Waals surface area contributed by atoms with Crippen molar-refractivity contribution in [3.05, 3.63) is 51.8 Å². The summed E-state index contributed by atoms with van der Waals surface area (Å²) in [5.41, 5.74) is 0.923. The third-order valence-electron chi connectivity index (χ3n) is 4.44. The number of anilines is 1. The second kappa shape index (κ2) is 11.3. The van der Waals surface area contributed by atoms with Crippen molar-refractivity contribution < 1.29 is 33.4 Å². The first-order valence-corrected chi connectivity index (χ1v) is 10.3. The standard InChI is InChI=1S/C22H25ClN2O7/c1-5-30-20(27)17-12(3)24-13(4)18(21(28)31-6-2)19(17)22(29)32-11-16(26)25-15-9-7-8-14(23)10-15/h7-10,19,24H,5-6,11H2,1-4H3,(H,25,26). The fourth-order valence-corrected chi connectivity index (χ4v) is 3.36. The Labute approximate surface area is 190 Å². The molecule has 0 saturated heterocycles. The zero-order valence-electron chi connectivity index (χ0n) is 18.2. The number of nitrogens with one attached hydrogen (secondary N) is 2. The molecular weight excluding hydrogens is 440 g/mol. The fraction of sp³-hybridized carbons (Fsp3) is 0.364. The molecule has 2 rings (SSSR count). The van der Waals surface area contributed by atoms with Crippen molar-refractivity contribution in [2.24, 2.45) is 5.92 Å². The zero-order chi connectivity index (χ0) is 23.8. The van der Waals surface area contributed by atoms with E-state index in [1.807, 2.05) is 0 Å². The largest absolute Gasteiger partial charge is 0.463 e. The summed E-state index contributed by atoms with van der Waals surface area (Å²) in [5, 5.41) is 5.88. The molecular formula is C22H25ClN2O7. The van der Waals surface area contributed by atoms with Crippen LogP contribution in [0.3, 0.4) is 0 Å². The van der Waals surface area contributed by atoms with Gasteiger partial charge in [-0.1, -0.05) is 17.7 Å². The van der Waals surface area contributed by atoms with Crippen LogP contribution in [0.15, 0.2) is 46.8 Å². The van der Waals surface area contributed by atoms with Gasteiger partial charge >= 0.3 is 17.9 Å². The highest BCUT2D eigenvalue weighted by Gasteiger charge is 2.42. The molecule has 1 heterocycles. The van der Waals surface area contributed by atoms with E-state index in [9.17, 15) is 19.2 Å². The van der Waals surface area contributed by atoms with E-state index in [4.69, 9.17) is 25.8 Å². The second-order valence-electron chi connectivity index (χ2n) is 6.74. The van der Waals surface area contributed by atoms with Crippen molar-refractivity contribution >= 4 is 41.1 Å². The lowest BCUT2D eigenvalue weighted by atomic mass is 9.85. The summed E-state index contributed by atoms with van der Waals surface area (Å²) < 4.78 is 15.3. The molecule has 1 aromatic carbocycles. The minimum atomic E-state index is -1.41. The molecule has 0 fully saturated rings. The van der Waals surface area contributed by atoms with Crippen molar-refractivity contribution in [2.45, 2.75) is 27.7 Å². The first-order valence-electron chi connectivity index (χ1n) is 9.94. The Balaban J connectivity index is 2.26. The van der Waals surface area contributed by atoms with Crippen molar-refractivity contribution in [3.8, 4) is 0 Å². The molecule has 0 aliphatic carbocycles. The highest BCUT2D eigenvalue weighted by Crippen LogP contribution is 2.32. The lowest BCUT2D eigenvalue weighted by molar-refractivity contribution is -0.153. The SMILES string of the molecule is CCOC(=O)C1=C(C)NC(C)=C(C(=O)OCC)C1C(=O)OCC(=O)Nc1cccc(Cl)c1. The Morgan fingerprint density at radius 2 is 1.53 bits per heavy atom. The van der Waals surface area contributed by atoms with Crippen LogP contribution >= 0.6 is 11.6 Å². The van der Waals surface area contributed by atoms with E-state index in [-0.39, 0.29) is 24.4 Å². The maximum absolute atomic E-state index is 13.0. The average Bonchev–Trinajstić information content (AvgIpc) is 2.71. The number of benzene rings is 1. The molecule has 0 unspecified atom stereocenters. The van der Waals surface area contributed by atoms with Crippen LogP contribution in [-0.2, 0) is 33.4 Å². The van der Waals surface area contributed by atoms with Crippen molar-refractivity contribution in [1.29, 1.82) is 0 Å². The number of amides is 1. The molecule has 1 aliphatic rings. The third kappa shape index (κ3) is 6.10. The third-order valence-corrected chi connectivity index (χ3v) is 4.68. The second-order valence-corrected chi connectivity index (χ2v) is 7.18. The number of ether oxygens (including phenoxy) is 3. The van der Waals surface area contributed by atoms with Gasteiger partial charge in [0, 0.05) is 22.1 Å². The highest BCUT2D eigenvalue weighted by molar-refractivity contribution is 6.30. The Hall–Kier alpha value is -3.33. The van der Waals surface area contributed by atoms with Crippen LogP contribution < -0.4 is 10.6 Å². The van der Waals surface area contributed by atoms with Crippen LogP contribution in [0.1, 0.15) is 27.7 Å². The van der Waals surface area contributed by atoms with Gasteiger partial charge in [0.2, 0.25) is 0 Å². The number of carbonyl (C=O) groups is 4. The van der Waals surface area contributed by atoms with Crippen LogP contribution in [0.2, 0.25) is 5.02 Å². The molecule has 0 aromatic heterocycles. The van der Waals surface area contributed by atoms with Crippen LogP contribution in [0.25, 0.3) is 0 Å². The van der Waals surface area contributed by atoms with Gasteiger partial charge in [-0.15, -0.1) is 0 Å². The quantitative estimate of drug-likeness (QED) is 0.445. The lowest BCUT2D eigenvalue weighted by Gasteiger charge is -2.28. The molecule has 32 heavy (non-hydrogen) atoms. The number of carbonyl (C=O) groups excluding carboxylic acids is 4. The van der Waals surface area contributed by atoms with Gasteiger partial charge in [0.25, 0.3) is 5.91 Å². The Kier molecular flexibility index (Phi) is 8.83. The first-order chi connectivity index (χ1) is 15.2. The fourth-order valence-electron chi connectivity index (χ4n) is 3.17. The summed E-state index contributed by atoms with van der Waals surface area (Å²) in [5.74, 6) is -4.55. The molecule has 0 spiro atoms. The van der Waals surface area contributed by atoms with Crippen molar-refractivity contribution in [3.63, 3.8) is 0 Å². The van der Waals surface area contributed by atoms with E-state index in [0.717, 1.165) is 0 Å². The minimum absolute atomic E-state index is 0.0663. The van der Waals surface area contributed by atoms with E-state index in [0.29, 0.717) is 22.1 Å². The van der Waals surface area contributed by atoms with Crippen LogP contribution in [0.5, 0.6) is 0 Å². The summed E-state index contributed by atoms with van der Waals surface area (Å²) in [6.07, 6.45) is 0. The van der Waals surface area contributed by atoms with Gasteiger partial charge in [-0.25, -0.2) is 9.59 Å². The van der Waals surface area contributed by atoms with E-state index in [2.05, 4.69) is 10.6 Å². The Morgan fingerprint density at radius 1 is 0.969 bits per heavy atom. The van der Waals surface area contributed by atoms with Crippen molar-refractivity contribution in [1.82, 2.24) is 5.32 Å². The van der Waals surface area contributed by atoms with Gasteiger partial charge in [0.15, 0.2) is 6.61 Å². The molecule has 1 aromatic rings. The van der Waals surface area contributed by atoms with Gasteiger partial charge in [-0.05, 0) is 45.9 Å².